The average molecular weight is 862 g/mol. The number of benzene rings is 5. The molecule has 0 aliphatic rings. The number of imidazole rings is 1. The van der Waals surface area contributed by atoms with Crippen molar-refractivity contribution in [1.82, 2.24) is 19.1 Å². The Kier molecular flexibility index (Phi) is 9.67. The van der Waals surface area contributed by atoms with Gasteiger partial charge in [-0.05, 0) is 117 Å². The quantitative estimate of drug-likeness (QED) is 0.113. The Hall–Kier alpha value is -6.53. The minimum absolute atomic E-state index is 0.0725. The number of pyridine rings is 2. The van der Waals surface area contributed by atoms with Crippen LogP contribution in [0, 0.1) is 17.2 Å². The monoisotopic (exact) mass is 862 g/mol. The summed E-state index contributed by atoms with van der Waals surface area (Å²) in [5.41, 5.74) is 8.62. The maximum Gasteiger partial charge on any atom is 0.269 e. The van der Waals surface area contributed by atoms with Crippen molar-refractivity contribution < 1.29 is 14.8 Å². The standard InChI is InChI=1S/C59H63N5O/c1-56(2,3)34-39-26-40(35-57(4,5)6)28-45(27-39)62-38-63(52-23-19-43(30-54(52)62)58(7,8)9)46-32-48(37-60-36-46)65-47-20-21-49-50-29-42(41-16-14-13-15-17-41)18-22-51(50)64(53(49)33-47)55-31-44(24-25-61-55)59(10,11)12/h13-33,36-37H,34-35H2,1-12H3/i34D2,35D2. The summed E-state index contributed by atoms with van der Waals surface area (Å²) >= 11 is 0. The normalized spacial score (nSPS) is 14.1. The molecule has 0 fully saturated rings. The van der Waals surface area contributed by atoms with E-state index in [1.165, 1.54) is 5.56 Å². The molecule has 0 radical (unpaired) electrons. The second-order valence-electron chi connectivity index (χ2n) is 21.5. The fourth-order valence-electron chi connectivity index (χ4n) is 8.56. The summed E-state index contributed by atoms with van der Waals surface area (Å²) in [5.74, 6) is 2.00. The van der Waals surface area contributed by atoms with Gasteiger partial charge >= 0.3 is 0 Å². The van der Waals surface area contributed by atoms with Gasteiger partial charge in [-0.15, -0.1) is 0 Å². The molecule has 0 saturated carbocycles. The van der Waals surface area contributed by atoms with E-state index < -0.39 is 23.6 Å². The van der Waals surface area contributed by atoms with Gasteiger partial charge in [0, 0.05) is 34.7 Å². The highest BCUT2D eigenvalue weighted by molar-refractivity contribution is 6.10. The molecule has 6 heteroatoms. The first kappa shape index (κ1) is 38.9. The molecular formula is C59H63N5O. The van der Waals surface area contributed by atoms with Crippen LogP contribution in [-0.4, -0.2) is 19.1 Å². The van der Waals surface area contributed by atoms with Crippen LogP contribution in [0.3, 0.4) is 0 Å². The van der Waals surface area contributed by atoms with Gasteiger partial charge in [-0.25, -0.2) is 4.98 Å². The predicted molar refractivity (Wildman–Crippen MR) is 269 cm³/mol. The molecule has 5 aromatic carbocycles. The first-order valence-electron chi connectivity index (χ1n) is 24.6. The van der Waals surface area contributed by atoms with E-state index in [-0.39, 0.29) is 10.8 Å². The summed E-state index contributed by atoms with van der Waals surface area (Å²) in [4.78, 5) is 9.62. The van der Waals surface area contributed by atoms with Gasteiger partial charge in [-0.2, -0.15) is 0 Å². The summed E-state index contributed by atoms with van der Waals surface area (Å²) in [6.45, 7) is 24.4. The van der Waals surface area contributed by atoms with Crippen molar-refractivity contribution in [3.05, 3.63) is 168 Å². The minimum Gasteiger partial charge on any atom is -0.456 e. The molecule has 0 N–H and O–H groups in total. The van der Waals surface area contributed by atoms with Crippen LogP contribution in [0.5, 0.6) is 11.5 Å². The molecule has 9 aromatic rings. The molecule has 4 heterocycles. The fraction of sp³-hybridized carbons (Fsp3) is 0.305. The van der Waals surface area contributed by atoms with Gasteiger partial charge in [0.15, 0.2) is 0 Å². The average Bonchev–Trinajstić information content (AvgIpc) is 3.83. The van der Waals surface area contributed by atoms with Crippen LogP contribution in [0.15, 0.2) is 140 Å². The Bertz CT molecular complexity index is 3370. The minimum atomic E-state index is -1.79. The maximum absolute atomic E-state index is 9.36. The highest BCUT2D eigenvalue weighted by atomic mass is 16.5. The highest BCUT2D eigenvalue weighted by Gasteiger charge is 2.23. The third-order valence-electron chi connectivity index (χ3n) is 11.6. The van der Waals surface area contributed by atoms with E-state index in [4.69, 9.17) is 14.7 Å². The molecule has 0 atom stereocenters. The number of rotatable bonds is 8. The van der Waals surface area contributed by atoms with Gasteiger partial charge in [0.1, 0.15) is 17.3 Å². The van der Waals surface area contributed by atoms with E-state index in [0.29, 0.717) is 34.0 Å². The molecule has 9 rings (SSSR count). The summed E-state index contributed by atoms with van der Waals surface area (Å²) in [5, 5.41) is 2.19. The summed E-state index contributed by atoms with van der Waals surface area (Å²) in [6, 6.07) is 41.3. The highest BCUT2D eigenvalue weighted by Crippen LogP contribution is 2.38. The Labute approximate surface area is 391 Å². The number of ether oxygens (including phenoxy) is 1. The predicted octanol–water partition coefficient (Wildman–Crippen LogP) is 14.8. The first-order valence-corrected chi connectivity index (χ1v) is 22.6. The lowest BCUT2D eigenvalue weighted by Gasteiger charge is -2.23. The maximum atomic E-state index is 9.36. The zero-order valence-electron chi connectivity index (χ0n) is 43.9. The third kappa shape index (κ3) is 9.22. The van der Waals surface area contributed by atoms with E-state index in [0.717, 1.165) is 55.3 Å². The fourth-order valence-corrected chi connectivity index (χ4v) is 8.56. The third-order valence-corrected chi connectivity index (χ3v) is 11.6. The molecule has 0 bridgehead atoms. The first-order chi connectivity index (χ1) is 32.2. The Morgan fingerprint density at radius 3 is 1.94 bits per heavy atom. The van der Waals surface area contributed by atoms with Crippen molar-refractivity contribution in [3.8, 4) is 39.8 Å². The molecule has 0 spiro atoms. The van der Waals surface area contributed by atoms with E-state index in [9.17, 15) is 5.48 Å². The molecule has 0 saturated heterocycles. The van der Waals surface area contributed by atoms with Crippen molar-refractivity contribution in [2.75, 3.05) is 0 Å². The molecule has 330 valence electrons. The number of fused-ring (bicyclic) bond motifs is 4. The largest absolute Gasteiger partial charge is 0.456 e. The second kappa shape index (κ2) is 16.2. The Morgan fingerprint density at radius 2 is 1.26 bits per heavy atom. The Balaban J connectivity index is 1.18. The zero-order valence-corrected chi connectivity index (χ0v) is 39.9. The summed E-state index contributed by atoms with van der Waals surface area (Å²) in [6.07, 6.45) is 5.41. The molecule has 0 unspecified atom stereocenters. The Morgan fingerprint density at radius 1 is 0.585 bits per heavy atom. The van der Waals surface area contributed by atoms with Gasteiger partial charge in [-0.1, -0.05) is 149 Å². The summed E-state index contributed by atoms with van der Waals surface area (Å²) in [7, 11) is 0. The molecular weight excluding hydrogens is 795 g/mol. The van der Waals surface area contributed by atoms with Crippen molar-refractivity contribution in [3.63, 3.8) is 0 Å². The molecule has 4 aromatic heterocycles. The van der Waals surface area contributed by atoms with Crippen LogP contribution in [0.4, 0.5) is 0 Å². The summed E-state index contributed by atoms with van der Waals surface area (Å²) < 4.78 is 50.3. The van der Waals surface area contributed by atoms with Gasteiger partial charge in [0.25, 0.3) is 6.33 Å². The zero-order chi connectivity index (χ0) is 49.6. The van der Waals surface area contributed by atoms with E-state index in [1.54, 1.807) is 18.5 Å². The number of aromatic nitrogens is 5. The number of hydrogen-bond acceptors (Lipinski definition) is 3. The van der Waals surface area contributed by atoms with E-state index in [2.05, 4.69) is 137 Å². The van der Waals surface area contributed by atoms with Gasteiger partial charge in [-0.3, -0.25) is 18.7 Å². The van der Waals surface area contributed by atoms with Crippen molar-refractivity contribution in [1.29, 1.82) is 0 Å². The van der Waals surface area contributed by atoms with Crippen molar-refractivity contribution >= 4 is 32.8 Å². The van der Waals surface area contributed by atoms with Crippen LogP contribution < -0.4 is 9.30 Å². The lowest BCUT2D eigenvalue weighted by Crippen LogP contribution is -2.30. The van der Waals surface area contributed by atoms with E-state index >= 15 is 0 Å². The van der Waals surface area contributed by atoms with Gasteiger partial charge < -0.3 is 4.74 Å². The smallest absolute Gasteiger partial charge is 0.269 e. The lowest BCUT2D eigenvalue weighted by atomic mass is 9.84. The molecule has 0 aliphatic heterocycles. The molecule has 0 amide bonds. The lowest BCUT2D eigenvalue weighted by molar-refractivity contribution is -0.572. The number of nitrogens with zero attached hydrogens (tertiary/aromatic N) is 5. The molecule has 0 aliphatic carbocycles. The van der Waals surface area contributed by atoms with Crippen LogP contribution in [-0.2, 0) is 23.6 Å². The van der Waals surface area contributed by atoms with Gasteiger partial charge in [0.05, 0.1) is 39.6 Å². The number of hydrogen-bond donors (Lipinski definition) is 0. The SMILES string of the molecule is [2H]C([2H])(c1cc(-[n+]2[c-]n(-c3cncc(Oc4ccc5c6cc(-c7ccccc7)ccc6n(-c6cc(C(C)(C)C)ccn6)c5c4)c3)c3ccc(C(C)(C)C)cc32)cc(C([2H])([2H])C(C)(C)C)c1)C(C)(C)C. The molecule has 6 nitrogen and oxygen atoms in total. The topological polar surface area (TPSA) is 48.8 Å². The van der Waals surface area contributed by atoms with Crippen LogP contribution >= 0.6 is 0 Å². The second-order valence-corrected chi connectivity index (χ2v) is 21.5. The van der Waals surface area contributed by atoms with Gasteiger partial charge in [0.2, 0.25) is 0 Å². The van der Waals surface area contributed by atoms with E-state index in [1.807, 2.05) is 87.2 Å². The molecule has 65 heavy (non-hydrogen) atoms. The van der Waals surface area contributed by atoms with Crippen LogP contribution in [0.2, 0.25) is 0 Å². The van der Waals surface area contributed by atoms with Crippen molar-refractivity contribution in [2.24, 2.45) is 10.8 Å². The van der Waals surface area contributed by atoms with Crippen LogP contribution in [0.25, 0.3) is 61.2 Å². The van der Waals surface area contributed by atoms with Crippen LogP contribution in [0.1, 0.15) is 111 Å². The van der Waals surface area contributed by atoms with Crippen molar-refractivity contribution in [2.45, 2.75) is 107 Å².